The monoisotopic (exact) mass is 216 g/mol. The Morgan fingerprint density at radius 2 is 2.00 bits per heavy atom. The van der Waals surface area contributed by atoms with Gasteiger partial charge < -0.3 is 0 Å². The van der Waals surface area contributed by atoms with Crippen LogP contribution in [0.25, 0.3) is 0 Å². The Kier molecular flexibility index (Phi) is 3.04. The fourth-order valence-electron chi connectivity index (χ4n) is 1.83. The first-order valence-electron chi connectivity index (χ1n) is 5.60. The molecule has 1 aliphatic heterocycles. The van der Waals surface area contributed by atoms with Gasteiger partial charge in [-0.3, -0.25) is 4.79 Å². The Balaban J connectivity index is 2.10. The quantitative estimate of drug-likeness (QED) is 0.826. The summed E-state index contributed by atoms with van der Waals surface area (Å²) < 4.78 is 0. The standard InChI is InChI=1S/C13H16N2O/c1-9(2)7-10-3-5-11(6-4-10)12-8-13(16)15-14-12/h3-6,9H,7-8H2,1-2H3,(H,15,16). The van der Waals surface area contributed by atoms with E-state index in [0.717, 1.165) is 17.7 Å². The molecular formula is C13H16N2O. The van der Waals surface area contributed by atoms with Crippen molar-refractivity contribution < 1.29 is 4.79 Å². The lowest BCUT2D eigenvalue weighted by Gasteiger charge is -2.05. The van der Waals surface area contributed by atoms with E-state index in [4.69, 9.17) is 0 Å². The molecule has 0 radical (unpaired) electrons. The van der Waals surface area contributed by atoms with Crippen LogP contribution in [-0.4, -0.2) is 11.6 Å². The van der Waals surface area contributed by atoms with Gasteiger partial charge in [0.2, 0.25) is 5.91 Å². The number of carbonyl (C=O) groups is 1. The van der Waals surface area contributed by atoms with E-state index in [1.807, 2.05) is 12.1 Å². The number of benzene rings is 1. The summed E-state index contributed by atoms with van der Waals surface area (Å²) in [5, 5.41) is 3.99. The maximum Gasteiger partial charge on any atom is 0.246 e. The average Bonchev–Trinajstić information content (AvgIpc) is 2.65. The van der Waals surface area contributed by atoms with Crippen LogP contribution in [0.4, 0.5) is 0 Å². The third-order valence-electron chi connectivity index (χ3n) is 2.57. The number of amides is 1. The van der Waals surface area contributed by atoms with Crippen LogP contribution in [0.1, 0.15) is 31.4 Å². The van der Waals surface area contributed by atoms with E-state index < -0.39 is 0 Å². The van der Waals surface area contributed by atoms with Gasteiger partial charge in [-0.15, -0.1) is 0 Å². The van der Waals surface area contributed by atoms with Gasteiger partial charge in [-0.25, -0.2) is 5.43 Å². The molecule has 0 aromatic heterocycles. The van der Waals surface area contributed by atoms with E-state index in [2.05, 4.69) is 36.5 Å². The van der Waals surface area contributed by atoms with Crippen LogP contribution in [0.5, 0.6) is 0 Å². The second kappa shape index (κ2) is 4.47. The molecular weight excluding hydrogens is 200 g/mol. The maximum atomic E-state index is 11.0. The zero-order valence-electron chi connectivity index (χ0n) is 9.66. The molecule has 2 rings (SSSR count). The minimum atomic E-state index is -0.0266. The molecule has 0 bridgehead atoms. The summed E-state index contributed by atoms with van der Waals surface area (Å²) in [7, 11) is 0. The fraction of sp³-hybridized carbons (Fsp3) is 0.385. The van der Waals surface area contributed by atoms with Gasteiger partial charge in [-0.2, -0.15) is 5.10 Å². The Labute approximate surface area is 95.6 Å². The lowest BCUT2D eigenvalue weighted by Crippen LogP contribution is -2.09. The van der Waals surface area contributed by atoms with Gasteiger partial charge in [0.25, 0.3) is 0 Å². The average molecular weight is 216 g/mol. The zero-order chi connectivity index (χ0) is 11.5. The van der Waals surface area contributed by atoms with Crippen LogP contribution in [-0.2, 0) is 11.2 Å². The Hall–Kier alpha value is -1.64. The van der Waals surface area contributed by atoms with Crippen molar-refractivity contribution in [3.8, 4) is 0 Å². The third-order valence-corrected chi connectivity index (χ3v) is 2.57. The van der Waals surface area contributed by atoms with Gasteiger partial charge >= 0.3 is 0 Å². The highest BCUT2D eigenvalue weighted by molar-refractivity contribution is 6.13. The molecule has 84 valence electrons. The largest absolute Gasteiger partial charge is 0.273 e. The lowest BCUT2D eigenvalue weighted by molar-refractivity contribution is -0.119. The summed E-state index contributed by atoms with van der Waals surface area (Å²) in [6.45, 7) is 4.41. The van der Waals surface area contributed by atoms with E-state index in [0.29, 0.717) is 12.3 Å². The highest BCUT2D eigenvalue weighted by Crippen LogP contribution is 2.13. The van der Waals surface area contributed by atoms with Crippen molar-refractivity contribution in [3.05, 3.63) is 35.4 Å². The number of carbonyl (C=O) groups excluding carboxylic acids is 1. The Bertz CT molecular complexity index is 418. The summed E-state index contributed by atoms with van der Waals surface area (Å²) in [5.41, 5.74) is 5.66. The van der Waals surface area contributed by atoms with Gasteiger partial charge in [-0.05, 0) is 23.5 Å². The van der Waals surface area contributed by atoms with Crippen molar-refractivity contribution in [3.63, 3.8) is 0 Å². The summed E-state index contributed by atoms with van der Waals surface area (Å²) in [4.78, 5) is 11.0. The van der Waals surface area contributed by atoms with E-state index in [1.54, 1.807) is 0 Å². The molecule has 0 fully saturated rings. The molecule has 0 saturated carbocycles. The topological polar surface area (TPSA) is 41.5 Å². The number of hydrogen-bond donors (Lipinski definition) is 1. The van der Waals surface area contributed by atoms with Crippen molar-refractivity contribution in [2.24, 2.45) is 11.0 Å². The van der Waals surface area contributed by atoms with Crippen LogP contribution >= 0.6 is 0 Å². The van der Waals surface area contributed by atoms with Crippen LogP contribution in [0, 0.1) is 5.92 Å². The summed E-state index contributed by atoms with van der Waals surface area (Å²) >= 11 is 0. The van der Waals surface area contributed by atoms with Gasteiger partial charge in [0, 0.05) is 0 Å². The van der Waals surface area contributed by atoms with Gasteiger partial charge in [0.15, 0.2) is 0 Å². The molecule has 0 aliphatic carbocycles. The minimum Gasteiger partial charge on any atom is -0.273 e. The SMILES string of the molecule is CC(C)Cc1ccc(C2=NNC(=O)C2)cc1. The molecule has 1 heterocycles. The van der Waals surface area contributed by atoms with Gasteiger partial charge in [0.1, 0.15) is 0 Å². The molecule has 3 nitrogen and oxygen atoms in total. The van der Waals surface area contributed by atoms with Crippen molar-refractivity contribution in [2.45, 2.75) is 26.7 Å². The normalized spacial score (nSPS) is 15.2. The Morgan fingerprint density at radius 1 is 1.31 bits per heavy atom. The second-order valence-electron chi connectivity index (χ2n) is 4.57. The molecule has 0 saturated heterocycles. The van der Waals surface area contributed by atoms with E-state index in [-0.39, 0.29) is 5.91 Å². The molecule has 1 amide bonds. The molecule has 1 aliphatic rings. The fourth-order valence-corrected chi connectivity index (χ4v) is 1.83. The summed E-state index contributed by atoms with van der Waals surface area (Å²) in [6, 6.07) is 8.30. The second-order valence-corrected chi connectivity index (χ2v) is 4.57. The minimum absolute atomic E-state index is 0.0266. The molecule has 0 atom stereocenters. The van der Waals surface area contributed by atoms with Crippen LogP contribution in [0.3, 0.4) is 0 Å². The van der Waals surface area contributed by atoms with Crippen LogP contribution < -0.4 is 5.43 Å². The van der Waals surface area contributed by atoms with Crippen molar-refractivity contribution in [1.82, 2.24) is 5.43 Å². The number of hydrazone groups is 1. The summed E-state index contributed by atoms with van der Waals surface area (Å²) in [5.74, 6) is 0.638. The molecule has 1 N–H and O–H groups in total. The maximum absolute atomic E-state index is 11.0. The zero-order valence-corrected chi connectivity index (χ0v) is 9.66. The number of nitrogens with zero attached hydrogens (tertiary/aromatic N) is 1. The van der Waals surface area contributed by atoms with Crippen molar-refractivity contribution in [1.29, 1.82) is 0 Å². The summed E-state index contributed by atoms with van der Waals surface area (Å²) in [6.07, 6.45) is 1.48. The molecule has 0 spiro atoms. The van der Waals surface area contributed by atoms with E-state index in [1.165, 1.54) is 5.56 Å². The van der Waals surface area contributed by atoms with E-state index in [9.17, 15) is 4.79 Å². The smallest absolute Gasteiger partial charge is 0.246 e. The van der Waals surface area contributed by atoms with Crippen LogP contribution in [0.15, 0.2) is 29.4 Å². The molecule has 1 aromatic carbocycles. The van der Waals surface area contributed by atoms with Crippen molar-refractivity contribution in [2.75, 3.05) is 0 Å². The first-order valence-corrected chi connectivity index (χ1v) is 5.60. The molecule has 3 heteroatoms. The van der Waals surface area contributed by atoms with Crippen molar-refractivity contribution >= 4 is 11.6 Å². The lowest BCUT2D eigenvalue weighted by atomic mass is 10.00. The number of hydrogen-bond acceptors (Lipinski definition) is 2. The first-order chi connectivity index (χ1) is 7.65. The highest BCUT2D eigenvalue weighted by atomic mass is 16.2. The predicted octanol–water partition coefficient (Wildman–Crippen LogP) is 2.11. The highest BCUT2D eigenvalue weighted by Gasteiger charge is 2.15. The third kappa shape index (κ3) is 2.48. The molecule has 0 unspecified atom stereocenters. The molecule has 16 heavy (non-hydrogen) atoms. The van der Waals surface area contributed by atoms with E-state index >= 15 is 0 Å². The first kappa shape index (κ1) is 10.9. The van der Waals surface area contributed by atoms with Crippen LogP contribution in [0.2, 0.25) is 0 Å². The van der Waals surface area contributed by atoms with Gasteiger partial charge in [0.05, 0.1) is 12.1 Å². The molecule has 1 aromatic rings. The number of nitrogens with one attached hydrogen (secondary N) is 1. The number of rotatable bonds is 3. The Morgan fingerprint density at radius 3 is 2.50 bits per heavy atom. The van der Waals surface area contributed by atoms with Gasteiger partial charge in [-0.1, -0.05) is 38.1 Å². The predicted molar refractivity (Wildman–Crippen MR) is 64.3 cm³/mol.